The minimum Gasteiger partial charge on any atom is -0.467 e. The van der Waals surface area contributed by atoms with E-state index in [4.69, 9.17) is 9.15 Å². The molecule has 122 valence electrons. The molecule has 3 atom stereocenters. The summed E-state index contributed by atoms with van der Waals surface area (Å²) in [6, 6.07) is 3.58. The zero-order valence-electron chi connectivity index (χ0n) is 12.4. The molecule has 0 bridgehead atoms. The van der Waals surface area contributed by atoms with Crippen LogP contribution in [0.25, 0.3) is 0 Å². The number of furan rings is 1. The molecule has 1 aromatic heterocycles. The highest BCUT2D eigenvalue weighted by Gasteiger charge is 2.44. The van der Waals surface area contributed by atoms with Crippen molar-refractivity contribution in [1.82, 2.24) is 9.62 Å². The van der Waals surface area contributed by atoms with Gasteiger partial charge in [-0.3, -0.25) is 4.79 Å². The van der Waals surface area contributed by atoms with Crippen LogP contribution in [0.15, 0.2) is 22.8 Å². The van der Waals surface area contributed by atoms with Crippen LogP contribution in [0.1, 0.15) is 18.6 Å². The number of carbonyl (C=O) groups excluding carboxylic acids is 1. The van der Waals surface area contributed by atoms with Crippen molar-refractivity contribution in [3.8, 4) is 0 Å². The molecule has 1 aromatic rings. The lowest BCUT2D eigenvalue weighted by molar-refractivity contribution is -0.124. The molecule has 8 heteroatoms. The van der Waals surface area contributed by atoms with E-state index in [9.17, 15) is 13.2 Å². The first-order valence-corrected chi connectivity index (χ1v) is 9.16. The summed E-state index contributed by atoms with van der Waals surface area (Å²) < 4.78 is 35.5. The second-order valence-electron chi connectivity index (χ2n) is 5.93. The Morgan fingerprint density at radius 2 is 2.27 bits per heavy atom. The molecule has 1 N–H and O–H groups in total. The van der Waals surface area contributed by atoms with Gasteiger partial charge in [-0.1, -0.05) is 0 Å². The number of rotatable bonds is 5. The third-order valence-corrected chi connectivity index (χ3v) is 5.44. The number of amides is 1. The molecule has 2 fully saturated rings. The van der Waals surface area contributed by atoms with Gasteiger partial charge in [0.2, 0.25) is 15.9 Å². The Labute approximate surface area is 129 Å². The van der Waals surface area contributed by atoms with Gasteiger partial charge in [0.15, 0.2) is 0 Å². The van der Waals surface area contributed by atoms with Gasteiger partial charge in [0, 0.05) is 19.0 Å². The average molecular weight is 328 g/mol. The second-order valence-corrected chi connectivity index (χ2v) is 7.91. The maximum absolute atomic E-state index is 11.9. The van der Waals surface area contributed by atoms with E-state index < -0.39 is 10.0 Å². The van der Waals surface area contributed by atoms with Crippen LogP contribution in [0.3, 0.4) is 0 Å². The predicted molar refractivity (Wildman–Crippen MR) is 78.4 cm³/mol. The maximum atomic E-state index is 11.9. The summed E-state index contributed by atoms with van der Waals surface area (Å²) in [5.74, 6) is 0.820. The van der Waals surface area contributed by atoms with Gasteiger partial charge in [-0.15, -0.1) is 0 Å². The smallest absolute Gasteiger partial charge is 0.222 e. The van der Waals surface area contributed by atoms with E-state index in [-0.39, 0.29) is 24.0 Å². The van der Waals surface area contributed by atoms with Gasteiger partial charge < -0.3 is 14.5 Å². The molecule has 0 saturated carbocycles. The monoisotopic (exact) mass is 328 g/mol. The van der Waals surface area contributed by atoms with Crippen LogP contribution >= 0.6 is 0 Å². The van der Waals surface area contributed by atoms with Crippen molar-refractivity contribution in [2.75, 3.05) is 19.3 Å². The molecule has 22 heavy (non-hydrogen) atoms. The van der Waals surface area contributed by atoms with Gasteiger partial charge in [-0.25, -0.2) is 8.42 Å². The van der Waals surface area contributed by atoms with E-state index in [2.05, 4.69) is 5.32 Å². The minimum absolute atomic E-state index is 0.0821. The summed E-state index contributed by atoms with van der Waals surface area (Å²) in [6.07, 6.45) is 3.59. The fourth-order valence-corrected chi connectivity index (χ4v) is 3.98. The topological polar surface area (TPSA) is 88.9 Å². The first-order valence-electron chi connectivity index (χ1n) is 7.31. The SMILES string of the molecule is CS(=O)(=O)N1C[C@@H]2C[C@H](CC(=O)NCc3ccco3)O[C@@H]2C1. The van der Waals surface area contributed by atoms with Crippen molar-refractivity contribution >= 4 is 15.9 Å². The van der Waals surface area contributed by atoms with Crippen molar-refractivity contribution in [1.29, 1.82) is 0 Å². The fraction of sp³-hybridized carbons (Fsp3) is 0.643. The Balaban J connectivity index is 1.44. The van der Waals surface area contributed by atoms with Gasteiger partial charge in [0.05, 0.1) is 37.7 Å². The zero-order valence-corrected chi connectivity index (χ0v) is 13.2. The standard InChI is InChI=1S/C14H20N2O5S/c1-22(18,19)16-8-10-5-12(21-13(10)9-16)6-14(17)15-7-11-3-2-4-20-11/h2-4,10,12-13H,5-9H2,1H3,(H,15,17)/t10-,12+,13+/m0/s1. The number of hydrogen-bond donors (Lipinski definition) is 1. The number of fused-ring (bicyclic) bond motifs is 1. The number of hydrogen-bond acceptors (Lipinski definition) is 5. The van der Waals surface area contributed by atoms with E-state index in [0.717, 1.165) is 6.42 Å². The first-order chi connectivity index (χ1) is 10.4. The van der Waals surface area contributed by atoms with E-state index >= 15 is 0 Å². The van der Waals surface area contributed by atoms with Crippen molar-refractivity contribution in [2.24, 2.45) is 5.92 Å². The van der Waals surface area contributed by atoms with Crippen LogP contribution in [0.4, 0.5) is 0 Å². The molecular formula is C14H20N2O5S. The number of ether oxygens (including phenoxy) is 1. The quantitative estimate of drug-likeness (QED) is 0.842. The molecule has 0 spiro atoms. The number of sulfonamides is 1. The highest BCUT2D eigenvalue weighted by Crippen LogP contribution is 2.35. The summed E-state index contributed by atoms with van der Waals surface area (Å²) in [6.45, 7) is 1.26. The Hall–Kier alpha value is -1.38. The molecule has 2 aliphatic rings. The molecule has 0 unspecified atom stereocenters. The summed E-state index contributed by atoms with van der Waals surface area (Å²) in [7, 11) is -3.16. The summed E-state index contributed by atoms with van der Waals surface area (Å²) in [4.78, 5) is 11.9. The molecule has 1 amide bonds. The van der Waals surface area contributed by atoms with Crippen molar-refractivity contribution < 1.29 is 22.4 Å². The molecule has 3 heterocycles. The van der Waals surface area contributed by atoms with Gasteiger partial charge in [-0.05, 0) is 18.6 Å². The normalized spacial score (nSPS) is 28.7. The largest absolute Gasteiger partial charge is 0.467 e. The lowest BCUT2D eigenvalue weighted by Gasteiger charge is -2.17. The first kappa shape index (κ1) is 15.5. The lowest BCUT2D eigenvalue weighted by atomic mass is 10.0. The van der Waals surface area contributed by atoms with Crippen molar-refractivity contribution in [3.63, 3.8) is 0 Å². The third kappa shape index (κ3) is 3.50. The summed E-state index contributed by atoms with van der Waals surface area (Å²) in [5, 5.41) is 2.79. The van der Waals surface area contributed by atoms with Crippen LogP contribution in [0, 0.1) is 5.92 Å². The van der Waals surface area contributed by atoms with E-state index in [1.165, 1.54) is 10.6 Å². The fourth-order valence-electron chi connectivity index (χ4n) is 3.10. The second kappa shape index (κ2) is 6.02. The van der Waals surface area contributed by atoms with Crippen molar-refractivity contribution in [2.45, 2.75) is 31.6 Å². The van der Waals surface area contributed by atoms with Crippen LogP contribution in [-0.2, 0) is 26.1 Å². The minimum atomic E-state index is -3.16. The number of nitrogens with zero attached hydrogens (tertiary/aromatic N) is 1. The third-order valence-electron chi connectivity index (χ3n) is 4.20. The lowest BCUT2D eigenvalue weighted by Crippen LogP contribution is -2.32. The van der Waals surface area contributed by atoms with E-state index in [1.807, 2.05) is 0 Å². The highest BCUT2D eigenvalue weighted by atomic mass is 32.2. The predicted octanol–water partition coefficient (Wildman–Crippen LogP) is 0.335. The molecular weight excluding hydrogens is 308 g/mol. The Bertz CT molecular complexity index is 614. The van der Waals surface area contributed by atoms with Gasteiger partial charge in [0.1, 0.15) is 5.76 Å². The van der Waals surface area contributed by atoms with Crippen molar-refractivity contribution in [3.05, 3.63) is 24.2 Å². The summed E-state index contributed by atoms with van der Waals surface area (Å²) in [5.41, 5.74) is 0. The van der Waals surface area contributed by atoms with Gasteiger partial charge >= 0.3 is 0 Å². The maximum Gasteiger partial charge on any atom is 0.222 e. The molecule has 2 aliphatic heterocycles. The highest BCUT2D eigenvalue weighted by molar-refractivity contribution is 7.88. The van der Waals surface area contributed by atoms with Gasteiger partial charge in [-0.2, -0.15) is 4.31 Å². The molecule has 0 radical (unpaired) electrons. The summed E-state index contributed by atoms with van der Waals surface area (Å²) >= 11 is 0. The molecule has 0 aliphatic carbocycles. The Morgan fingerprint density at radius 1 is 1.45 bits per heavy atom. The molecule has 7 nitrogen and oxygen atoms in total. The average Bonchev–Trinajstić information content (AvgIpc) is 3.10. The van der Waals surface area contributed by atoms with Crippen LogP contribution in [0.2, 0.25) is 0 Å². The Morgan fingerprint density at radius 3 is 2.91 bits per heavy atom. The van der Waals surface area contributed by atoms with Gasteiger partial charge in [0.25, 0.3) is 0 Å². The number of carbonyl (C=O) groups is 1. The Kier molecular flexibility index (Phi) is 4.24. The molecule has 0 aromatic carbocycles. The van der Waals surface area contributed by atoms with E-state index in [1.54, 1.807) is 18.4 Å². The van der Waals surface area contributed by atoms with Crippen LogP contribution in [-0.4, -0.2) is 50.2 Å². The van der Waals surface area contributed by atoms with E-state index in [0.29, 0.717) is 31.8 Å². The van der Waals surface area contributed by atoms with Crippen LogP contribution in [0.5, 0.6) is 0 Å². The molecule has 2 saturated heterocycles. The molecule has 3 rings (SSSR count). The van der Waals surface area contributed by atoms with Crippen LogP contribution < -0.4 is 5.32 Å². The zero-order chi connectivity index (χ0) is 15.7. The number of nitrogens with one attached hydrogen (secondary N) is 1.